The molecule has 134 valence electrons. The molecule has 1 unspecified atom stereocenters. The third kappa shape index (κ3) is 3.91. The molecule has 0 amide bonds. The van der Waals surface area contributed by atoms with Gasteiger partial charge in [-0.3, -0.25) is 0 Å². The van der Waals surface area contributed by atoms with Gasteiger partial charge in [-0.15, -0.1) is 10.2 Å². The van der Waals surface area contributed by atoms with Gasteiger partial charge in [0.1, 0.15) is 18.2 Å². The van der Waals surface area contributed by atoms with Crippen molar-refractivity contribution in [1.29, 1.82) is 0 Å². The average molecular weight is 374 g/mol. The summed E-state index contributed by atoms with van der Waals surface area (Å²) in [6.45, 7) is 0.703. The fourth-order valence-corrected chi connectivity index (χ4v) is 2.98. The summed E-state index contributed by atoms with van der Waals surface area (Å²) in [5, 5.41) is 8.45. The Morgan fingerprint density at radius 1 is 1.12 bits per heavy atom. The molecule has 1 aromatic heterocycles. The van der Waals surface area contributed by atoms with E-state index in [9.17, 15) is 4.39 Å². The molecule has 0 spiro atoms. The Morgan fingerprint density at radius 2 is 2.00 bits per heavy atom. The van der Waals surface area contributed by atoms with Gasteiger partial charge in [0.2, 0.25) is 6.10 Å². The molecule has 6 nitrogen and oxygen atoms in total. The average Bonchev–Trinajstić information content (AvgIpc) is 3.14. The van der Waals surface area contributed by atoms with Crippen LogP contribution in [-0.4, -0.2) is 29.2 Å². The number of ether oxygens (including phenoxy) is 3. The quantitative estimate of drug-likeness (QED) is 0.479. The van der Waals surface area contributed by atoms with Crippen molar-refractivity contribution in [2.75, 3.05) is 19.0 Å². The molecule has 8 heteroatoms. The van der Waals surface area contributed by atoms with Gasteiger partial charge in [0.05, 0.1) is 6.61 Å². The maximum absolute atomic E-state index is 13.1. The van der Waals surface area contributed by atoms with Crippen LogP contribution in [0.4, 0.5) is 4.39 Å². The van der Waals surface area contributed by atoms with Crippen LogP contribution in [0.25, 0.3) is 0 Å². The fraction of sp³-hybridized carbons (Fsp3) is 0.222. The molecule has 0 saturated heterocycles. The highest BCUT2D eigenvalue weighted by Crippen LogP contribution is 2.35. The van der Waals surface area contributed by atoms with Crippen LogP contribution in [0.2, 0.25) is 0 Å². The largest absolute Gasteiger partial charge is 0.493 e. The Balaban J connectivity index is 1.28. The number of rotatable bonds is 6. The molecule has 4 rings (SSSR count). The first kappa shape index (κ1) is 16.7. The van der Waals surface area contributed by atoms with E-state index in [4.69, 9.17) is 18.6 Å². The number of hydrogen-bond donors (Lipinski definition) is 0. The van der Waals surface area contributed by atoms with Crippen molar-refractivity contribution in [3.8, 4) is 17.2 Å². The van der Waals surface area contributed by atoms with Gasteiger partial charge in [-0.2, -0.15) is 0 Å². The van der Waals surface area contributed by atoms with Gasteiger partial charge >= 0.3 is 0 Å². The Labute approximate surface area is 153 Å². The summed E-state index contributed by atoms with van der Waals surface area (Å²) >= 11 is 1.36. The van der Waals surface area contributed by atoms with Gasteiger partial charge in [0.15, 0.2) is 11.5 Å². The number of thioether (sulfide) groups is 1. The van der Waals surface area contributed by atoms with E-state index in [-0.39, 0.29) is 5.82 Å². The molecule has 2 heterocycles. The van der Waals surface area contributed by atoms with Gasteiger partial charge in [0, 0.05) is 11.8 Å². The number of nitrogens with zero attached hydrogens (tertiary/aromatic N) is 2. The zero-order chi connectivity index (χ0) is 17.8. The van der Waals surface area contributed by atoms with Crippen molar-refractivity contribution in [2.45, 2.75) is 11.3 Å². The first-order valence-corrected chi connectivity index (χ1v) is 8.99. The molecular formula is C18H15FN2O4S. The molecule has 0 aliphatic carbocycles. The maximum Gasteiger partial charge on any atom is 0.276 e. The molecule has 0 N–H and O–H groups in total. The predicted octanol–water partition coefficient (Wildman–Crippen LogP) is 3.89. The molecule has 0 fully saturated rings. The minimum absolute atomic E-state index is 0.312. The third-order valence-electron chi connectivity index (χ3n) is 3.58. The van der Waals surface area contributed by atoms with Crippen LogP contribution in [0.1, 0.15) is 12.0 Å². The Bertz CT molecular complexity index is 889. The van der Waals surface area contributed by atoms with Gasteiger partial charge in [-0.1, -0.05) is 30.0 Å². The van der Waals surface area contributed by atoms with E-state index in [2.05, 4.69) is 10.2 Å². The number of fused-ring (bicyclic) bond motifs is 1. The monoisotopic (exact) mass is 374 g/mol. The van der Waals surface area contributed by atoms with Crippen LogP contribution in [0.3, 0.4) is 0 Å². The van der Waals surface area contributed by atoms with Crippen LogP contribution in [0.15, 0.2) is 58.2 Å². The molecule has 1 atom stereocenters. The van der Waals surface area contributed by atoms with Crippen LogP contribution in [0, 0.1) is 5.82 Å². The number of halogens is 1. The van der Waals surface area contributed by atoms with Crippen LogP contribution in [0.5, 0.6) is 17.2 Å². The van der Waals surface area contributed by atoms with E-state index in [0.29, 0.717) is 47.3 Å². The van der Waals surface area contributed by atoms with Gasteiger partial charge in [0.25, 0.3) is 11.1 Å². The van der Waals surface area contributed by atoms with E-state index in [1.54, 1.807) is 12.1 Å². The second-order valence-electron chi connectivity index (χ2n) is 5.42. The zero-order valence-electron chi connectivity index (χ0n) is 13.6. The second kappa shape index (κ2) is 7.65. The molecule has 26 heavy (non-hydrogen) atoms. The normalized spacial score (nSPS) is 15.7. The summed E-state index contributed by atoms with van der Waals surface area (Å²) in [6.07, 6.45) is -0.435. The SMILES string of the molecule is Fc1cccc(OCCSc2nnc(C3COc4ccccc4O3)o2)c1. The summed E-state index contributed by atoms with van der Waals surface area (Å²) in [5.41, 5.74) is 0. The zero-order valence-corrected chi connectivity index (χ0v) is 14.4. The second-order valence-corrected chi connectivity index (χ2v) is 6.47. The van der Waals surface area contributed by atoms with Crippen LogP contribution < -0.4 is 14.2 Å². The predicted molar refractivity (Wildman–Crippen MR) is 92.2 cm³/mol. The smallest absolute Gasteiger partial charge is 0.276 e. The van der Waals surface area contributed by atoms with Gasteiger partial charge in [-0.25, -0.2) is 4.39 Å². The molecule has 1 aliphatic rings. The Hall–Kier alpha value is -2.74. The Morgan fingerprint density at radius 3 is 2.88 bits per heavy atom. The van der Waals surface area contributed by atoms with E-state index in [1.807, 2.05) is 24.3 Å². The fourth-order valence-electron chi connectivity index (χ4n) is 2.40. The molecule has 0 bridgehead atoms. The van der Waals surface area contributed by atoms with E-state index in [0.717, 1.165) is 0 Å². The summed E-state index contributed by atoms with van der Waals surface area (Å²) in [7, 11) is 0. The molecule has 3 aromatic rings. The number of hydrogen-bond acceptors (Lipinski definition) is 7. The highest BCUT2D eigenvalue weighted by atomic mass is 32.2. The van der Waals surface area contributed by atoms with Crippen molar-refractivity contribution < 1.29 is 23.0 Å². The number of para-hydroxylation sites is 2. The lowest BCUT2D eigenvalue weighted by Gasteiger charge is -2.23. The molecular weight excluding hydrogens is 359 g/mol. The lowest BCUT2D eigenvalue weighted by molar-refractivity contribution is 0.0686. The highest BCUT2D eigenvalue weighted by molar-refractivity contribution is 7.99. The van der Waals surface area contributed by atoms with E-state index < -0.39 is 6.10 Å². The number of benzene rings is 2. The van der Waals surface area contributed by atoms with Crippen LogP contribution >= 0.6 is 11.8 Å². The van der Waals surface area contributed by atoms with E-state index in [1.165, 1.54) is 23.9 Å². The first-order chi connectivity index (χ1) is 12.8. The summed E-state index contributed by atoms with van der Waals surface area (Å²) in [5.74, 6) is 2.47. The lowest BCUT2D eigenvalue weighted by Crippen LogP contribution is -2.21. The summed E-state index contributed by atoms with van der Waals surface area (Å²) < 4.78 is 35.7. The molecule has 0 radical (unpaired) electrons. The van der Waals surface area contributed by atoms with Crippen molar-refractivity contribution >= 4 is 11.8 Å². The summed E-state index contributed by atoms with van der Waals surface area (Å²) in [4.78, 5) is 0. The molecule has 2 aromatic carbocycles. The van der Waals surface area contributed by atoms with Crippen molar-refractivity contribution in [1.82, 2.24) is 10.2 Å². The van der Waals surface area contributed by atoms with Gasteiger partial charge < -0.3 is 18.6 Å². The highest BCUT2D eigenvalue weighted by Gasteiger charge is 2.27. The third-order valence-corrected chi connectivity index (χ3v) is 4.36. The maximum atomic E-state index is 13.1. The first-order valence-electron chi connectivity index (χ1n) is 8.01. The van der Waals surface area contributed by atoms with E-state index >= 15 is 0 Å². The Kier molecular flexibility index (Phi) is 4.92. The number of aromatic nitrogens is 2. The topological polar surface area (TPSA) is 66.6 Å². The molecule has 0 saturated carbocycles. The summed E-state index contributed by atoms with van der Waals surface area (Å²) in [6, 6.07) is 13.5. The van der Waals surface area contributed by atoms with Crippen molar-refractivity contribution in [3.63, 3.8) is 0 Å². The standard InChI is InChI=1S/C18H15FN2O4S/c19-12-4-3-5-13(10-12)22-8-9-26-18-21-20-17(25-18)16-11-23-14-6-1-2-7-15(14)24-16/h1-7,10,16H,8-9,11H2. The van der Waals surface area contributed by atoms with Crippen LogP contribution in [-0.2, 0) is 0 Å². The molecule has 1 aliphatic heterocycles. The minimum Gasteiger partial charge on any atom is -0.493 e. The lowest BCUT2D eigenvalue weighted by atomic mass is 10.2. The van der Waals surface area contributed by atoms with Gasteiger partial charge in [-0.05, 0) is 24.3 Å². The van der Waals surface area contributed by atoms with Crippen molar-refractivity contribution in [2.24, 2.45) is 0 Å². The minimum atomic E-state index is -0.435. The van der Waals surface area contributed by atoms with Crippen molar-refractivity contribution in [3.05, 3.63) is 60.2 Å².